The van der Waals surface area contributed by atoms with Crippen molar-refractivity contribution >= 4 is 22.7 Å². The second kappa shape index (κ2) is 9.43. The lowest BCUT2D eigenvalue weighted by atomic mass is 9.97. The number of rotatable bonds is 8. The summed E-state index contributed by atoms with van der Waals surface area (Å²) in [7, 11) is 0. The Balaban J connectivity index is 1.54. The van der Waals surface area contributed by atoms with Crippen LogP contribution >= 0.6 is 0 Å². The summed E-state index contributed by atoms with van der Waals surface area (Å²) in [5.41, 5.74) is 2.32. The van der Waals surface area contributed by atoms with Gasteiger partial charge in [-0.1, -0.05) is 28.9 Å². The molecule has 1 aromatic carbocycles. The van der Waals surface area contributed by atoms with Crippen LogP contribution < -0.4 is 5.32 Å². The highest BCUT2D eigenvalue weighted by Crippen LogP contribution is 2.23. The van der Waals surface area contributed by atoms with Crippen molar-refractivity contribution in [3.05, 3.63) is 41.7 Å². The van der Waals surface area contributed by atoms with Crippen molar-refractivity contribution in [2.75, 3.05) is 13.2 Å². The molecule has 1 aliphatic carbocycles. The first-order valence-corrected chi connectivity index (χ1v) is 9.43. The normalized spacial score (nSPS) is 15.0. The van der Waals surface area contributed by atoms with E-state index in [1.807, 2.05) is 0 Å². The summed E-state index contributed by atoms with van der Waals surface area (Å²) in [4.78, 5) is 21.1. The van der Waals surface area contributed by atoms with Crippen LogP contribution in [0.25, 0.3) is 11.0 Å². The van der Waals surface area contributed by atoms with Crippen LogP contribution in [0.15, 0.2) is 41.1 Å². The molecule has 0 saturated carbocycles. The van der Waals surface area contributed by atoms with Gasteiger partial charge in [-0.05, 0) is 51.2 Å². The smallest absolute Gasteiger partial charge is 0.320 e. The van der Waals surface area contributed by atoms with Crippen molar-refractivity contribution in [1.82, 2.24) is 14.9 Å². The maximum atomic E-state index is 13.5. The second-order valence-corrected chi connectivity index (χ2v) is 6.73. The molecule has 2 aromatic rings. The third kappa shape index (κ3) is 4.94. The Morgan fingerprint density at radius 2 is 2.18 bits per heavy atom. The van der Waals surface area contributed by atoms with E-state index in [-0.39, 0.29) is 24.1 Å². The minimum atomic E-state index is -2.76. The fourth-order valence-electron chi connectivity index (χ4n) is 3.27. The first-order chi connectivity index (χ1) is 13.6. The zero-order valence-corrected chi connectivity index (χ0v) is 15.8. The number of fused-ring (bicyclic) bond motifs is 1. The highest BCUT2D eigenvalue weighted by Gasteiger charge is 2.19. The molecule has 6 nitrogen and oxygen atoms in total. The second-order valence-electron chi connectivity index (χ2n) is 6.73. The number of nitrogens with one attached hydrogen (secondary N) is 1. The van der Waals surface area contributed by atoms with Gasteiger partial charge in [-0.15, -0.1) is 0 Å². The monoisotopic (exact) mass is 390 g/mol. The van der Waals surface area contributed by atoms with Crippen molar-refractivity contribution < 1.29 is 18.4 Å². The molecule has 150 valence electrons. The number of amides is 1. The van der Waals surface area contributed by atoms with Gasteiger partial charge in [0, 0.05) is 6.54 Å². The summed E-state index contributed by atoms with van der Waals surface area (Å²) in [5, 5.41) is 6.58. The van der Waals surface area contributed by atoms with Crippen LogP contribution in [0, 0.1) is 0 Å². The molecule has 0 aliphatic heterocycles. The van der Waals surface area contributed by atoms with Gasteiger partial charge < -0.3 is 10.2 Å². The number of oxime groups is 1. The van der Waals surface area contributed by atoms with E-state index in [0.29, 0.717) is 17.6 Å². The van der Waals surface area contributed by atoms with Gasteiger partial charge >= 0.3 is 6.55 Å². The number of nitrogens with zero attached hydrogens (tertiary/aromatic N) is 3. The van der Waals surface area contributed by atoms with E-state index in [1.165, 1.54) is 25.3 Å². The number of carbonyl (C=O) groups excluding carboxylic acids is 1. The van der Waals surface area contributed by atoms with Gasteiger partial charge in [0.2, 0.25) is 0 Å². The van der Waals surface area contributed by atoms with Gasteiger partial charge in [0.25, 0.3) is 5.91 Å². The van der Waals surface area contributed by atoms with Crippen molar-refractivity contribution in [3.8, 4) is 0 Å². The van der Waals surface area contributed by atoms with E-state index in [1.54, 1.807) is 24.3 Å². The SMILES string of the molecule is C/C(=N\OCC(=O)NCCC1=CCCCC1)c1nc2ccccc2n1C(F)F. The molecule has 0 saturated heterocycles. The van der Waals surface area contributed by atoms with Gasteiger partial charge in [0.1, 0.15) is 5.71 Å². The molecule has 0 radical (unpaired) electrons. The lowest BCUT2D eigenvalue weighted by Crippen LogP contribution is -2.28. The number of aromatic nitrogens is 2. The number of imidazole rings is 1. The minimum Gasteiger partial charge on any atom is -0.385 e. The van der Waals surface area contributed by atoms with E-state index >= 15 is 0 Å². The molecular weight excluding hydrogens is 366 g/mol. The van der Waals surface area contributed by atoms with Crippen LogP contribution in [0.2, 0.25) is 0 Å². The van der Waals surface area contributed by atoms with Crippen molar-refractivity contribution in [3.63, 3.8) is 0 Å². The Bertz CT molecular complexity index is 889. The Hall–Kier alpha value is -2.77. The molecule has 1 N–H and O–H groups in total. The van der Waals surface area contributed by atoms with Gasteiger partial charge in [0.15, 0.2) is 12.4 Å². The van der Waals surface area contributed by atoms with E-state index in [2.05, 4.69) is 21.5 Å². The number of hydrogen-bond acceptors (Lipinski definition) is 4. The summed E-state index contributed by atoms with van der Waals surface area (Å²) >= 11 is 0. The number of alkyl halides is 2. The zero-order valence-electron chi connectivity index (χ0n) is 15.8. The summed E-state index contributed by atoms with van der Waals surface area (Å²) < 4.78 is 27.7. The quantitative estimate of drug-likeness (QED) is 0.418. The lowest BCUT2D eigenvalue weighted by Gasteiger charge is -2.12. The van der Waals surface area contributed by atoms with Crippen molar-refractivity contribution in [2.45, 2.75) is 45.6 Å². The third-order valence-electron chi connectivity index (χ3n) is 4.67. The van der Waals surface area contributed by atoms with Gasteiger partial charge in [-0.25, -0.2) is 4.98 Å². The number of hydrogen-bond donors (Lipinski definition) is 1. The first-order valence-electron chi connectivity index (χ1n) is 9.43. The largest absolute Gasteiger partial charge is 0.385 e. The summed E-state index contributed by atoms with van der Waals surface area (Å²) in [5.74, 6) is -0.281. The molecule has 3 rings (SSSR count). The zero-order chi connectivity index (χ0) is 19.9. The van der Waals surface area contributed by atoms with E-state index in [0.717, 1.165) is 23.8 Å². The predicted molar refractivity (Wildman–Crippen MR) is 103 cm³/mol. The molecule has 28 heavy (non-hydrogen) atoms. The van der Waals surface area contributed by atoms with E-state index in [9.17, 15) is 13.6 Å². The van der Waals surface area contributed by atoms with Crippen LogP contribution in [-0.4, -0.2) is 34.3 Å². The van der Waals surface area contributed by atoms with Crippen LogP contribution in [0.1, 0.15) is 51.4 Å². The predicted octanol–water partition coefficient (Wildman–Crippen LogP) is 4.18. The van der Waals surface area contributed by atoms with Gasteiger partial charge in [-0.3, -0.25) is 9.36 Å². The fourth-order valence-corrected chi connectivity index (χ4v) is 3.27. The number of halogens is 2. The average Bonchev–Trinajstić information content (AvgIpc) is 3.09. The molecule has 0 unspecified atom stereocenters. The molecule has 1 aliphatic rings. The topological polar surface area (TPSA) is 68.5 Å². The van der Waals surface area contributed by atoms with Crippen LogP contribution in [-0.2, 0) is 9.63 Å². The number of para-hydroxylation sites is 2. The standard InChI is InChI=1S/C20H24F2N4O2/c1-14(19-24-16-9-5-6-10-17(16)26(19)20(21)22)25-28-13-18(27)23-12-11-15-7-3-2-4-8-15/h5-7,9-10,20H,2-4,8,11-13H2,1H3,(H,23,27)/b25-14+. The van der Waals surface area contributed by atoms with Crippen molar-refractivity contribution in [2.24, 2.45) is 5.16 Å². The molecule has 0 bridgehead atoms. The Labute approximate surface area is 162 Å². The Morgan fingerprint density at radius 1 is 1.36 bits per heavy atom. The summed E-state index contributed by atoms with van der Waals surface area (Å²) in [6.45, 7) is -0.957. The van der Waals surface area contributed by atoms with E-state index < -0.39 is 6.55 Å². The molecular formula is C20H24F2N4O2. The number of allylic oxidation sites excluding steroid dienone is 1. The summed E-state index contributed by atoms with van der Waals surface area (Å²) in [6, 6.07) is 6.62. The Kier molecular flexibility index (Phi) is 6.73. The van der Waals surface area contributed by atoms with Crippen LogP contribution in [0.5, 0.6) is 0 Å². The molecule has 0 spiro atoms. The number of carbonyl (C=O) groups is 1. The molecule has 0 atom stereocenters. The fraction of sp³-hybridized carbons (Fsp3) is 0.450. The number of benzene rings is 1. The molecule has 1 heterocycles. The lowest BCUT2D eigenvalue weighted by molar-refractivity contribution is -0.125. The summed E-state index contributed by atoms with van der Waals surface area (Å²) in [6.07, 6.45) is 7.74. The third-order valence-corrected chi connectivity index (χ3v) is 4.67. The van der Waals surface area contributed by atoms with Gasteiger partial charge in [-0.2, -0.15) is 8.78 Å². The first kappa shape index (κ1) is 20.0. The van der Waals surface area contributed by atoms with Crippen molar-refractivity contribution in [1.29, 1.82) is 0 Å². The Morgan fingerprint density at radius 3 is 2.93 bits per heavy atom. The minimum absolute atomic E-state index is 0.0147. The maximum absolute atomic E-state index is 13.5. The van der Waals surface area contributed by atoms with Crippen LogP contribution in [0.3, 0.4) is 0 Å². The van der Waals surface area contributed by atoms with E-state index in [4.69, 9.17) is 4.84 Å². The highest BCUT2D eigenvalue weighted by molar-refractivity contribution is 5.98. The van der Waals surface area contributed by atoms with Gasteiger partial charge in [0.05, 0.1) is 11.0 Å². The molecule has 1 aromatic heterocycles. The average molecular weight is 390 g/mol. The molecule has 8 heteroatoms. The van der Waals surface area contributed by atoms with Crippen LogP contribution in [0.4, 0.5) is 8.78 Å². The molecule has 0 fully saturated rings. The molecule has 1 amide bonds. The highest BCUT2D eigenvalue weighted by atomic mass is 19.3. The maximum Gasteiger partial charge on any atom is 0.320 e.